The number of hydrogen-bond donors (Lipinski definition) is 1. The lowest BCUT2D eigenvalue weighted by atomic mass is 9.98. The first-order chi connectivity index (χ1) is 12.6. The van der Waals surface area contributed by atoms with E-state index in [1.165, 1.54) is 6.21 Å². The largest absolute Gasteiger partial charge is 0.465 e. The molecule has 0 aliphatic rings. The molecule has 0 spiro atoms. The number of aliphatic imine (C=N–C) groups is 1. The van der Waals surface area contributed by atoms with Crippen LogP contribution in [0.25, 0.3) is 0 Å². The van der Waals surface area contributed by atoms with E-state index in [9.17, 15) is 9.59 Å². The number of para-hydroxylation sites is 1. The summed E-state index contributed by atoms with van der Waals surface area (Å²) in [4.78, 5) is 29.1. The quantitative estimate of drug-likeness (QED) is 0.238. The number of nitrogens with one attached hydrogen (secondary N) is 1. The van der Waals surface area contributed by atoms with Gasteiger partial charge in [-0.1, -0.05) is 41.9 Å². The van der Waals surface area contributed by atoms with Crippen LogP contribution in [0.2, 0.25) is 5.02 Å². The summed E-state index contributed by atoms with van der Waals surface area (Å²) in [6, 6.07) is 16.3. The minimum Gasteiger partial charge on any atom is -0.465 e. The first kappa shape index (κ1) is 19.7. The Hall–Kier alpha value is -2.66. The van der Waals surface area contributed by atoms with Crippen molar-refractivity contribution in [3.63, 3.8) is 0 Å². The van der Waals surface area contributed by atoms with E-state index in [-0.39, 0.29) is 12.2 Å². The molecule has 26 heavy (non-hydrogen) atoms. The highest BCUT2D eigenvalue weighted by Crippen LogP contribution is 2.19. The lowest BCUT2D eigenvalue weighted by Crippen LogP contribution is -2.28. The van der Waals surface area contributed by atoms with E-state index in [1.807, 2.05) is 30.3 Å². The molecular formula is C20H21ClN2O3. The Bertz CT molecular complexity index is 763. The Morgan fingerprint density at radius 2 is 1.85 bits per heavy atom. The van der Waals surface area contributed by atoms with Crippen molar-refractivity contribution in [2.45, 2.75) is 6.92 Å². The fraction of sp³-hybridized carbons (Fsp3) is 0.250. The van der Waals surface area contributed by atoms with Gasteiger partial charge in [0.1, 0.15) is 0 Å². The number of nitrogens with zero attached hydrogens (tertiary/aromatic N) is 1. The lowest BCUT2D eigenvalue weighted by Gasteiger charge is -2.11. The van der Waals surface area contributed by atoms with Crippen LogP contribution in [-0.4, -0.2) is 37.7 Å². The van der Waals surface area contributed by atoms with Crippen LogP contribution in [0.15, 0.2) is 59.6 Å². The van der Waals surface area contributed by atoms with Crippen LogP contribution >= 0.6 is 11.6 Å². The van der Waals surface area contributed by atoms with Crippen molar-refractivity contribution in [2.75, 3.05) is 25.0 Å². The zero-order valence-electron chi connectivity index (χ0n) is 14.5. The second kappa shape index (κ2) is 10.4. The Morgan fingerprint density at radius 1 is 1.15 bits per heavy atom. The van der Waals surface area contributed by atoms with Gasteiger partial charge in [0, 0.05) is 24.0 Å². The summed E-state index contributed by atoms with van der Waals surface area (Å²) in [6.07, 6.45) is 1.34. The Kier molecular flexibility index (Phi) is 7.83. The molecule has 0 bridgehead atoms. The van der Waals surface area contributed by atoms with E-state index in [0.29, 0.717) is 18.1 Å². The van der Waals surface area contributed by atoms with Crippen molar-refractivity contribution in [1.82, 2.24) is 0 Å². The average Bonchev–Trinajstić information content (AvgIpc) is 2.65. The number of rotatable bonds is 9. The topological polar surface area (TPSA) is 67.8 Å². The molecule has 2 rings (SSSR count). The molecule has 2 aromatic rings. The van der Waals surface area contributed by atoms with E-state index >= 15 is 0 Å². The molecule has 2 aromatic carbocycles. The van der Waals surface area contributed by atoms with Crippen molar-refractivity contribution in [1.29, 1.82) is 0 Å². The summed E-state index contributed by atoms with van der Waals surface area (Å²) >= 11 is 6.07. The molecule has 136 valence electrons. The maximum atomic E-state index is 12.7. The van der Waals surface area contributed by atoms with E-state index in [4.69, 9.17) is 16.3 Å². The molecule has 0 saturated carbocycles. The summed E-state index contributed by atoms with van der Waals surface area (Å²) in [5.74, 6) is -2.16. The maximum absolute atomic E-state index is 12.7. The number of carbonyl (C=O) groups excluding carboxylic acids is 2. The van der Waals surface area contributed by atoms with Crippen molar-refractivity contribution < 1.29 is 14.3 Å². The molecule has 1 N–H and O–H groups in total. The van der Waals surface area contributed by atoms with E-state index in [1.54, 1.807) is 31.2 Å². The van der Waals surface area contributed by atoms with Crippen LogP contribution in [0, 0.1) is 5.92 Å². The standard InChI is InChI=1S/C20H21ClN2O3/c1-2-26-20(25)17(19(24)16-10-6-7-11-18(16)21)14-22-12-13-23-15-8-4-3-5-9-15/h3-11,14,17,23H,2,12-13H2,1H3. The number of benzene rings is 2. The normalized spacial score (nSPS) is 11.9. The zero-order chi connectivity index (χ0) is 18.8. The van der Waals surface area contributed by atoms with Crippen molar-refractivity contribution in [2.24, 2.45) is 10.9 Å². The van der Waals surface area contributed by atoms with Gasteiger partial charge in [-0.3, -0.25) is 14.6 Å². The molecule has 0 heterocycles. The number of carbonyl (C=O) groups is 2. The Labute approximate surface area is 158 Å². The number of halogens is 1. The summed E-state index contributed by atoms with van der Waals surface area (Å²) in [7, 11) is 0. The average molecular weight is 373 g/mol. The molecule has 6 heteroatoms. The van der Waals surface area contributed by atoms with Crippen LogP contribution < -0.4 is 5.32 Å². The van der Waals surface area contributed by atoms with E-state index < -0.39 is 17.7 Å². The highest BCUT2D eigenvalue weighted by Gasteiger charge is 2.28. The molecule has 0 amide bonds. The van der Waals surface area contributed by atoms with Crippen LogP contribution in [0.3, 0.4) is 0 Å². The maximum Gasteiger partial charge on any atom is 0.322 e. The molecule has 0 radical (unpaired) electrons. The van der Waals surface area contributed by atoms with Crippen LogP contribution in [-0.2, 0) is 9.53 Å². The number of hydrogen-bond acceptors (Lipinski definition) is 5. The van der Waals surface area contributed by atoms with Gasteiger partial charge in [0.15, 0.2) is 11.7 Å². The van der Waals surface area contributed by atoms with Crippen molar-refractivity contribution >= 4 is 35.3 Å². The summed E-state index contributed by atoms with van der Waals surface area (Å²) in [5.41, 5.74) is 1.26. The van der Waals surface area contributed by atoms with Crippen LogP contribution in [0.1, 0.15) is 17.3 Å². The van der Waals surface area contributed by atoms with Gasteiger partial charge in [0.05, 0.1) is 18.2 Å². The summed E-state index contributed by atoms with van der Waals surface area (Å²) in [6.45, 7) is 2.88. The zero-order valence-corrected chi connectivity index (χ0v) is 15.3. The van der Waals surface area contributed by atoms with E-state index in [0.717, 1.165) is 5.69 Å². The van der Waals surface area contributed by atoms with Gasteiger partial charge in [-0.2, -0.15) is 0 Å². The molecule has 5 nitrogen and oxygen atoms in total. The van der Waals surface area contributed by atoms with Gasteiger partial charge in [0.25, 0.3) is 0 Å². The second-order valence-electron chi connectivity index (χ2n) is 5.42. The van der Waals surface area contributed by atoms with Gasteiger partial charge in [0.2, 0.25) is 0 Å². The molecule has 0 saturated heterocycles. The van der Waals surface area contributed by atoms with Crippen LogP contribution in [0.4, 0.5) is 5.69 Å². The van der Waals surface area contributed by atoms with Gasteiger partial charge in [-0.25, -0.2) is 0 Å². The fourth-order valence-electron chi connectivity index (χ4n) is 2.30. The predicted molar refractivity (Wildman–Crippen MR) is 104 cm³/mol. The SMILES string of the molecule is CCOC(=O)C(C=NCCNc1ccccc1)C(=O)c1ccccc1Cl. The molecule has 0 aliphatic heterocycles. The fourth-order valence-corrected chi connectivity index (χ4v) is 2.53. The summed E-state index contributed by atoms with van der Waals surface area (Å²) < 4.78 is 5.00. The smallest absolute Gasteiger partial charge is 0.322 e. The minimum atomic E-state index is -1.11. The third kappa shape index (κ3) is 5.70. The van der Waals surface area contributed by atoms with Gasteiger partial charge < -0.3 is 10.1 Å². The highest BCUT2D eigenvalue weighted by atomic mass is 35.5. The Morgan fingerprint density at radius 3 is 2.54 bits per heavy atom. The lowest BCUT2D eigenvalue weighted by molar-refractivity contribution is -0.143. The number of anilines is 1. The number of esters is 1. The molecule has 1 unspecified atom stereocenters. The van der Waals surface area contributed by atoms with Crippen molar-refractivity contribution in [3.05, 3.63) is 65.2 Å². The molecule has 0 aliphatic carbocycles. The molecular weight excluding hydrogens is 352 g/mol. The number of ketones is 1. The Balaban J connectivity index is 2.01. The molecule has 1 atom stereocenters. The first-order valence-electron chi connectivity index (χ1n) is 8.37. The predicted octanol–water partition coefficient (Wildman–Crippen LogP) is 3.88. The summed E-state index contributed by atoms with van der Waals surface area (Å²) in [5, 5.41) is 3.50. The molecule has 0 fully saturated rings. The van der Waals surface area contributed by atoms with Crippen LogP contribution in [0.5, 0.6) is 0 Å². The van der Waals surface area contributed by atoms with Gasteiger partial charge in [-0.15, -0.1) is 0 Å². The molecule has 0 aromatic heterocycles. The third-order valence-corrected chi connectivity index (χ3v) is 3.89. The highest BCUT2D eigenvalue weighted by molar-refractivity contribution is 6.35. The minimum absolute atomic E-state index is 0.189. The van der Waals surface area contributed by atoms with Crippen molar-refractivity contribution in [3.8, 4) is 0 Å². The second-order valence-corrected chi connectivity index (χ2v) is 5.83. The van der Waals surface area contributed by atoms with Gasteiger partial charge in [-0.05, 0) is 31.2 Å². The third-order valence-electron chi connectivity index (χ3n) is 3.56. The van der Waals surface area contributed by atoms with Gasteiger partial charge >= 0.3 is 5.97 Å². The first-order valence-corrected chi connectivity index (χ1v) is 8.75. The number of ether oxygens (including phenoxy) is 1. The monoisotopic (exact) mass is 372 g/mol. The number of Topliss-reactive ketones (excluding diaryl/α,β-unsaturated/α-hetero) is 1. The van der Waals surface area contributed by atoms with E-state index in [2.05, 4.69) is 10.3 Å².